The predicted octanol–water partition coefficient (Wildman–Crippen LogP) is 1.92. The summed E-state index contributed by atoms with van der Waals surface area (Å²) < 4.78 is 0. The van der Waals surface area contributed by atoms with Gasteiger partial charge in [0.1, 0.15) is 11.9 Å². The van der Waals surface area contributed by atoms with Gasteiger partial charge >= 0.3 is 0 Å². The van der Waals surface area contributed by atoms with Gasteiger partial charge in [0.05, 0.1) is 16.7 Å². The van der Waals surface area contributed by atoms with E-state index in [-0.39, 0.29) is 11.8 Å². The fourth-order valence-corrected chi connectivity index (χ4v) is 2.17. The van der Waals surface area contributed by atoms with Crippen molar-refractivity contribution >= 4 is 23.3 Å². The van der Waals surface area contributed by atoms with Crippen LogP contribution in [-0.4, -0.2) is 28.7 Å². The first-order valence-electron chi connectivity index (χ1n) is 6.20. The molecular formula is C15H10N4O2. The maximum Gasteiger partial charge on any atom is 0.261 e. The Bertz CT molecular complexity index is 808. The minimum atomic E-state index is -0.333. The molecule has 1 aromatic heterocycles. The molecule has 1 aromatic carbocycles. The molecule has 0 fully saturated rings. The van der Waals surface area contributed by atoms with Crippen LogP contribution in [0.2, 0.25) is 0 Å². The van der Waals surface area contributed by atoms with E-state index < -0.39 is 0 Å². The predicted molar refractivity (Wildman–Crippen MR) is 75.1 cm³/mol. The quantitative estimate of drug-likeness (QED) is 0.848. The van der Waals surface area contributed by atoms with Crippen molar-refractivity contribution in [1.29, 1.82) is 5.26 Å². The van der Waals surface area contributed by atoms with Crippen LogP contribution in [0.1, 0.15) is 26.3 Å². The van der Waals surface area contributed by atoms with Crippen molar-refractivity contribution in [3.63, 3.8) is 0 Å². The lowest BCUT2D eigenvalue weighted by Crippen LogP contribution is -2.24. The van der Waals surface area contributed by atoms with E-state index in [2.05, 4.69) is 10.3 Å². The van der Waals surface area contributed by atoms with E-state index in [0.717, 1.165) is 4.90 Å². The third-order valence-corrected chi connectivity index (χ3v) is 3.28. The van der Waals surface area contributed by atoms with E-state index in [1.165, 1.54) is 7.05 Å². The van der Waals surface area contributed by atoms with Crippen LogP contribution < -0.4 is 5.32 Å². The second-order valence-electron chi connectivity index (χ2n) is 4.57. The van der Waals surface area contributed by atoms with Crippen LogP contribution in [0.5, 0.6) is 0 Å². The number of carbonyl (C=O) groups excluding carboxylic acids is 2. The van der Waals surface area contributed by atoms with Gasteiger partial charge in [0.25, 0.3) is 11.8 Å². The molecule has 0 unspecified atom stereocenters. The summed E-state index contributed by atoms with van der Waals surface area (Å²) >= 11 is 0. The van der Waals surface area contributed by atoms with Crippen LogP contribution in [-0.2, 0) is 0 Å². The third-order valence-electron chi connectivity index (χ3n) is 3.28. The third kappa shape index (κ3) is 2.01. The number of aromatic nitrogens is 1. The fourth-order valence-electron chi connectivity index (χ4n) is 2.17. The molecule has 6 nitrogen and oxygen atoms in total. The number of fused-ring (bicyclic) bond motifs is 1. The molecule has 1 N–H and O–H groups in total. The van der Waals surface area contributed by atoms with Crippen LogP contribution in [0, 0.1) is 11.3 Å². The normalized spacial score (nSPS) is 13.0. The Labute approximate surface area is 120 Å². The van der Waals surface area contributed by atoms with Crippen LogP contribution in [0.3, 0.4) is 0 Å². The molecule has 1 aliphatic heterocycles. The van der Waals surface area contributed by atoms with Crippen molar-refractivity contribution in [2.24, 2.45) is 0 Å². The standard InChI is InChI=1S/C15H10N4O2/c1-19-14(20)11-5-4-10(7-12(11)15(19)21)18-13-9(8-16)3-2-6-17-13/h2-7H,1H3,(H,17,18). The van der Waals surface area contributed by atoms with Gasteiger partial charge in [-0.05, 0) is 30.3 Å². The molecule has 0 saturated carbocycles. The summed E-state index contributed by atoms with van der Waals surface area (Å²) in [5.74, 6) is -0.234. The second kappa shape index (κ2) is 4.72. The van der Waals surface area contributed by atoms with Crippen LogP contribution in [0.4, 0.5) is 11.5 Å². The first-order chi connectivity index (χ1) is 10.1. The van der Waals surface area contributed by atoms with Gasteiger partial charge in [-0.15, -0.1) is 0 Å². The second-order valence-corrected chi connectivity index (χ2v) is 4.57. The lowest BCUT2D eigenvalue weighted by molar-refractivity contribution is 0.0693. The molecule has 3 rings (SSSR count). The van der Waals surface area contributed by atoms with E-state index in [1.807, 2.05) is 6.07 Å². The first-order valence-corrected chi connectivity index (χ1v) is 6.20. The Morgan fingerprint density at radius 1 is 1.19 bits per heavy atom. The van der Waals surface area contributed by atoms with Crippen molar-refractivity contribution in [2.75, 3.05) is 12.4 Å². The monoisotopic (exact) mass is 278 g/mol. The maximum absolute atomic E-state index is 11.9. The Morgan fingerprint density at radius 2 is 1.95 bits per heavy atom. The highest BCUT2D eigenvalue weighted by Crippen LogP contribution is 2.26. The summed E-state index contributed by atoms with van der Waals surface area (Å²) in [6, 6.07) is 10.2. The molecule has 0 saturated heterocycles. The number of carbonyl (C=O) groups is 2. The van der Waals surface area contributed by atoms with Crippen LogP contribution >= 0.6 is 0 Å². The molecule has 0 radical (unpaired) electrons. The number of rotatable bonds is 2. The van der Waals surface area contributed by atoms with Gasteiger partial charge in [-0.25, -0.2) is 4.98 Å². The molecule has 1 aliphatic rings. The van der Waals surface area contributed by atoms with Gasteiger partial charge in [-0.1, -0.05) is 0 Å². The largest absolute Gasteiger partial charge is 0.339 e. The lowest BCUT2D eigenvalue weighted by atomic mass is 10.1. The zero-order chi connectivity index (χ0) is 15.0. The van der Waals surface area contributed by atoms with E-state index in [4.69, 9.17) is 5.26 Å². The summed E-state index contributed by atoms with van der Waals surface area (Å²) in [6.45, 7) is 0. The molecule has 6 heteroatoms. The van der Waals surface area contributed by atoms with Gasteiger partial charge in [0.2, 0.25) is 0 Å². The number of pyridine rings is 1. The molecule has 2 aromatic rings. The molecule has 0 bridgehead atoms. The van der Waals surface area contributed by atoms with E-state index in [9.17, 15) is 9.59 Å². The summed E-state index contributed by atoms with van der Waals surface area (Å²) in [7, 11) is 1.45. The zero-order valence-electron chi connectivity index (χ0n) is 11.1. The Balaban J connectivity index is 1.98. The zero-order valence-corrected chi connectivity index (χ0v) is 11.1. The van der Waals surface area contributed by atoms with Gasteiger partial charge in [0.15, 0.2) is 0 Å². The number of hydrogen-bond acceptors (Lipinski definition) is 5. The summed E-state index contributed by atoms with van der Waals surface area (Å²) in [5, 5.41) is 12.0. The smallest absolute Gasteiger partial charge is 0.261 e. The summed E-state index contributed by atoms with van der Waals surface area (Å²) in [4.78, 5) is 28.9. The maximum atomic E-state index is 11.9. The minimum absolute atomic E-state index is 0.308. The van der Waals surface area contributed by atoms with Crippen LogP contribution in [0.25, 0.3) is 0 Å². The number of nitrogens with one attached hydrogen (secondary N) is 1. The molecule has 0 spiro atoms. The number of hydrogen-bond donors (Lipinski definition) is 1. The number of imide groups is 1. The highest BCUT2D eigenvalue weighted by molar-refractivity contribution is 6.21. The molecular weight excluding hydrogens is 268 g/mol. The molecule has 0 aliphatic carbocycles. The summed E-state index contributed by atoms with van der Waals surface area (Å²) in [5.41, 5.74) is 1.73. The highest BCUT2D eigenvalue weighted by Gasteiger charge is 2.32. The molecule has 21 heavy (non-hydrogen) atoms. The average molecular weight is 278 g/mol. The van der Waals surface area contributed by atoms with Gasteiger partial charge in [-0.3, -0.25) is 14.5 Å². The Hall–Kier alpha value is -3.20. The molecule has 2 amide bonds. The lowest BCUT2D eigenvalue weighted by Gasteiger charge is -2.07. The number of nitrogens with zero attached hydrogens (tertiary/aromatic N) is 3. The van der Waals surface area contributed by atoms with Gasteiger partial charge in [0, 0.05) is 18.9 Å². The van der Waals surface area contributed by atoms with E-state index in [1.54, 1.807) is 36.5 Å². The number of nitriles is 1. The highest BCUT2D eigenvalue weighted by atomic mass is 16.2. The van der Waals surface area contributed by atoms with Gasteiger partial charge < -0.3 is 5.32 Å². The van der Waals surface area contributed by atoms with Crippen molar-refractivity contribution in [3.8, 4) is 6.07 Å². The summed E-state index contributed by atoms with van der Waals surface area (Å²) in [6.07, 6.45) is 1.57. The Kier molecular flexibility index (Phi) is 2.88. The fraction of sp³-hybridized carbons (Fsp3) is 0.0667. The molecule has 0 atom stereocenters. The van der Waals surface area contributed by atoms with Gasteiger partial charge in [-0.2, -0.15) is 5.26 Å². The van der Waals surface area contributed by atoms with Crippen LogP contribution in [0.15, 0.2) is 36.5 Å². The average Bonchev–Trinajstić information content (AvgIpc) is 2.72. The first kappa shape index (κ1) is 12.8. The van der Waals surface area contributed by atoms with Crippen molar-refractivity contribution < 1.29 is 9.59 Å². The molecule has 102 valence electrons. The molecule has 2 heterocycles. The van der Waals surface area contributed by atoms with Crippen molar-refractivity contribution in [3.05, 3.63) is 53.2 Å². The van der Waals surface area contributed by atoms with E-state index in [0.29, 0.717) is 28.2 Å². The number of anilines is 2. The number of amides is 2. The SMILES string of the molecule is CN1C(=O)c2ccc(Nc3ncccc3C#N)cc2C1=O. The van der Waals surface area contributed by atoms with E-state index >= 15 is 0 Å². The van der Waals surface area contributed by atoms with Crippen molar-refractivity contribution in [1.82, 2.24) is 9.88 Å². The topological polar surface area (TPSA) is 86.1 Å². The Morgan fingerprint density at radius 3 is 2.71 bits per heavy atom. The minimum Gasteiger partial charge on any atom is -0.339 e. The van der Waals surface area contributed by atoms with Crippen molar-refractivity contribution in [2.45, 2.75) is 0 Å². The number of benzene rings is 1.